The Bertz CT molecular complexity index is 584. The van der Waals surface area contributed by atoms with E-state index in [0.717, 1.165) is 43.6 Å². The summed E-state index contributed by atoms with van der Waals surface area (Å²) in [7, 11) is 3.37. The molecule has 26 heavy (non-hydrogen) atoms. The Morgan fingerprint density at radius 3 is 2.46 bits per heavy atom. The van der Waals surface area contributed by atoms with Crippen LogP contribution in [0, 0.1) is 0 Å². The minimum Gasteiger partial charge on any atom is -0.495 e. The average molecular weight is 372 g/mol. The SMILES string of the molecule is CN=C(NCCCCC(F)(F)F)N1CCN(c2ccccc2OC)CC1. The molecule has 0 unspecified atom stereocenters. The van der Waals surface area contributed by atoms with Crippen molar-refractivity contribution >= 4 is 11.6 Å². The highest BCUT2D eigenvalue weighted by molar-refractivity contribution is 5.80. The van der Waals surface area contributed by atoms with Gasteiger partial charge in [0.1, 0.15) is 5.75 Å². The lowest BCUT2D eigenvalue weighted by atomic mass is 10.2. The van der Waals surface area contributed by atoms with Crippen LogP contribution >= 0.6 is 0 Å². The van der Waals surface area contributed by atoms with Gasteiger partial charge in [-0.2, -0.15) is 13.2 Å². The number of halogens is 3. The summed E-state index contributed by atoms with van der Waals surface area (Å²) in [6, 6.07) is 7.93. The van der Waals surface area contributed by atoms with Crippen molar-refractivity contribution in [2.24, 2.45) is 4.99 Å². The van der Waals surface area contributed by atoms with Crippen LogP contribution in [-0.4, -0.2) is 63.9 Å². The number of rotatable bonds is 6. The van der Waals surface area contributed by atoms with Gasteiger partial charge in [-0.1, -0.05) is 12.1 Å². The van der Waals surface area contributed by atoms with Gasteiger partial charge in [0.15, 0.2) is 5.96 Å². The van der Waals surface area contributed by atoms with Crippen LogP contribution in [0.3, 0.4) is 0 Å². The predicted molar refractivity (Wildman–Crippen MR) is 98.0 cm³/mol. The molecule has 1 aliphatic rings. The molecule has 1 N–H and O–H groups in total. The van der Waals surface area contributed by atoms with Crippen LogP contribution < -0.4 is 15.0 Å². The Hall–Kier alpha value is -2.12. The minimum absolute atomic E-state index is 0.134. The Kier molecular flexibility index (Phi) is 7.41. The third kappa shape index (κ3) is 6.00. The summed E-state index contributed by atoms with van der Waals surface area (Å²) in [4.78, 5) is 8.66. The van der Waals surface area contributed by atoms with Gasteiger partial charge in [-0.05, 0) is 25.0 Å². The molecule has 1 aliphatic heterocycles. The normalized spacial score (nSPS) is 16.0. The number of hydrogen-bond donors (Lipinski definition) is 1. The maximum absolute atomic E-state index is 12.2. The van der Waals surface area contributed by atoms with Crippen molar-refractivity contribution in [2.75, 3.05) is 51.8 Å². The number of piperazine rings is 1. The summed E-state index contributed by atoms with van der Waals surface area (Å²) >= 11 is 0. The summed E-state index contributed by atoms with van der Waals surface area (Å²) in [6.45, 7) is 3.74. The maximum Gasteiger partial charge on any atom is 0.389 e. The zero-order valence-electron chi connectivity index (χ0n) is 15.4. The standard InChI is InChI=1S/C18H27F3N4O/c1-22-17(23-10-6-5-9-18(19,20)21)25-13-11-24(12-14-25)15-7-3-4-8-16(15)26-2/h3-4,7-8H,5-6,9-14H2,1-2H3,(H,22,23). The Morgan fingerprint density at radius 1 is 1.15 bits per heavy atom. The summed E-state index contributed by atoms with van der Waals surface area (Å²) in [5.41, 5.74) is 1.07. The molecule has 0 atom stereocenters. The van der Waals surface area contributed by atoms with Gasteiger partial charge in [-0.15, -0.1) is 0 Å². The molecule has 146 valence electrons. The van der Waals surface area contributed by atoms with Crippen LogP contribution in [0.1, 0.15) is 19.3 Å². The van der Waals surface area contributed by atoms with Gasteiger partial charge in [0.25, 0.3) is 0 Å². The molecule has 0 aliphatic carbocycles. The summed E-state index contributed by atoms with van der Waals surface area (Å²) in [5, 5.41) is 3.17. The monoisotopic (exact) mass is 372 g/mol. The Morgan fingerprint density at radius 2 is 1.85 bits per heavy atom. The molecule has 1 saturated heterocycles. The second-order valence-corrected chi connectivity index (χ2v) is 6.19. The summed E-state index contributed by atoms with van der Waals surface area (Å²) in [5.74, 6) is 1.60. The number of guanidine groups is 1. The molecule has 0 bridgehead atoms. The highest BCUT2D eigenvalue weighted by Crippen LogP contribution is 2.28. The van der Waals surface area contributed by atoms with Crippen LogP contribution in [0.2, 0.25) is 0 Å². The van der Waals surface area contributed by atoms with Gasteiger partial charge >= 0.3 is 6.18 Å². The smallest absolute Gasteiger partial charge is 0.389 e. The summed E-state index contributed by atoms with van der Waals surface area (Å²) in [6.07, 6.45) is -4.20. The molecular weight excluding hydrogens is 345 g/mol. The van der Waals surface area contributed by atoms with Crippen molar-refractivity contribution in [3.05, 3.63) is 24.3 Å². The number of para-hydroxylation sites is 2. The van der Waals surface area contributed by atoms with Crippen molar-refractivity contribution in [1.82, 2.24) is 10.2 Å². The number of anilines is 1. The van der Waals surface area contributed by atoms with Gasteiger partial charge in [-0.3, -0.25) is 4.99 Å². The van der Waals surface area contributed by atoms with Crippen molar-refractivity contribution in [2.45, 2.75) is 25.4 Å². The molecule has 0 aromatic heterocycles. The number of aliphatic imine (C=N–C) groups is 1. The number of methoxy groups -OCH3 is 1. The van der Waals surface area contributed by atoms with Crippen LogP contribution in [0.4, 0.5) is 18.9 Å². The first-order chi connectivity index (χ1) is 12.4. The van der Waals surface area contributed by atoms with E-state index in [1.165, 1.54) is 0 Å². The van der Waals surface area contributed by atoms with Crippen LogP contribution in [0.5, 0.6) is 5.75 Å². The lowest BCUT2D eigenvalue weighted by molar-refractivity contribution is -0.135. The highest BCUT2D eigenvalue weighted by atomic mass is 19.4. The van der Waals surface area contributed by atoms with Gasteiger partial charge in [0.05, 0.1) is 12.8 Å². The number of nitrogens with one attached hydrogen (secondary N) is 1. The predicted octanol–water partition coefficient (Wildman–Crippen LogP) is 3.13. The van der Waals surface area contributed by atoms with Gasteiger partial charge in [0.2, 0.25) is 0 Å². The van der Waals surface area contributed by atoms with E-state index >= 15 is 0 Å². The molecule has 2 rings (SSSR count). The molecule has 1 fully saturated rings. The molecular formula is C18H27F3N4O. The van der Waals surface area contributed by atoms with Gasteiger partial charge < -0.3 is 19.9 Å². The van der Waals surface area contributed by atoms with E-state index in [-0.39, 0.29) is 6.42 Å². The number of benzene rings is 1. The first kappa shape index (κ1) is 20.2. The van der Waals surface area contributed by atoms with Crippen molar-refractivity contribution in [3.8, 4) is 5.75 Å². The topological polar surface area (TPSA) is 40.1 Å². The molecule has 5 nitrogen and oxygen atoms in total. The number of nitrogens with zero attached hydrogens (tertiary/aromatic N) is 3. The van der Waals surface area contributed by atoms with E-state index in [1.807, 2.05) is 24.3 Å². The largest absolute Gasteiger partial charge is 0.495 e. The molecule has 1 aromatic carbocycles. The van der Waals surface area contributed by atoms with E-state index in [9.17, 15) is 13.2 Å². The molecule has 0 spiro atoms. The fraction of sp³-hybridized carbons (Fsp3) is 0.611. The zero-order chi connectivity index (χ0) is 19.0. The quantitative estimate of drug-likeness (QED) is 0.473. The third-order valence-corrected chi connectivity index (χ3v) is 4.39. The second-order valence-electron chi connectivity index (χ2n) is 6.19. The number of unbranched alkanes of at least 4 members (excludes halogenated alkanes) is 1. The van der Waals surface area contributed by atoms with Gasteiger partial charge in [0, 0.05) is 46.2 Å². The lowest BCUT2D eigenvalue weighted by Crippen LogP contribution is -2.52. The first-order valence-corrected chi connectivity index (χ1v) is 8.85. The highest BCUT2D eigenvalue weighted by Gasteiger charge is 2.26. The van der Waals surface area contributed by atoms with E-state index < -0.39 is 12.6 Å². The second kappa shape index (κ2) is 9.54. The van der Waals surface area contributed by atoms with Crippen molar-refractivity contribution in [3.63, 3.8) is 0 Å². The molecule has 0 saturated carbocycles. The fourth-order valence-electron chi connectivity index (χ4n) is 3.03. The Balaban J connectivity index is 1.78. The van der Waals surface area contributed by atoms with Gasteiger partial charge in [-0.25, -0.2) is 0 Å². The molecule has 8 heteroatoms. The van der Waals surface area contributed by atoms with Crippen LogP contribution in [0.15, 0.2) is 29.3 Å². The zero-order valence-corrected chi connectivity index (χ0v) is 15.4. The van der Waals surface area contributed by atoms with Crippen LogP contribution in [-0.2, 0) is 0 Å². The van der Waals surface area contributed by atoms with E-state index in [4.69, 9.17) is 4.74 Å². The maximum atomic E-state index is 12.2. The molecule has 0 amide bonds. The summed E-state index contributed by atoms with van der Waals surface area (Å²) < 4.78 is 41.9. The number of ether oxygens (including phenoxy) is 1. The van der Waals surface area contributed by atoms with E-state index in [0.29, 0.717) is 13.0 Å². The fourth-order valence-corrected chi connectivity index (χ4v) is 3.03. The Labute approximate surface area is 152 Å². The van der Waals surface area contributed by atoms with E-state index in [1.54, 1.807) is 14.2 Å². The third-order valence-electron chi connectivity index (χ3n) is 4.39. The number of alkyl halides is 3. The molecule has 1 heterocycles. The number of hydrogen-bond acceptors (Lipinski definition) is 3. The van der Waals surface area contributed by atoms with Crippen molar-refractivity contribution < 1.29 is 17.9 Å². The first-order valence-electron chi connectivity index (χ1n) is 8.85. The molecule has 1 aromatic rings. The lowest BCUT2D eigenvalue weighted by Gasteiger charge is -2.38. The average Bonchev–Trinajstić information content (AvgIpc) is 2.64. The minimum atomic E-state index is -4.07. The molecule has 0 radical (unpaired) electrons. The van der Waals surface area contributed by atoms with E-state index in [2.05, 4.69) is 20.1 Å². The van der Waals surface area contributed by atoms with Crippen molar-refractivity contribution in [1.29, 1.82) is 0 Å². The van der Waals surface area contributed by atoms with Crippen LogP contribution in [0.25, 0.3) is 0 Å².